The lowest BCUT2D eigenvalue weighted by Crippen LogP contribution is -2.52. The van der Waals surface area contributed by atoms with Gasteiger partial charge in [0.15, 0.2) is 5.96 Å². The van der Waals surface area contributed by atoms with Crippen molar-refractivity contribution in [1.29, 1.82) is 0 Å². The summed E-state index contributed by atoms with van der Waals surface area (Å²) in [5.74, 6) is 0.498. The van der Waals surface area contributed by atoms with E-state index in [9.17, 15) is 4.79 Å². The van der Waals surface area contributed by atoms with Crippen molar-refractivity contribution in [3.63, 3.8) is 0 Å². The van der Waals surface area contributed by atoms with Crippen LogP contribution < -0.4 is 11.1 Å². The van der Waals surface area contributed by atoms with Crippen LogP contribution in [0.3, 0.4) is 0 Å². The number of hydrogen-bond acceptors (Lipinski definition) is 2. The van der Waals surface area contributed by atoms with Gasteiger partial charge in [0.05, 0.1) is 6.54 Å². The summed E-state index contributed by atoms with van der Waals surface area (Å²) >= 11 is 0. The molecule has 1 fully saturated rings. The predicted molar refractivity (Wildman–Crippen MR) is 51.4 cm³/mol. The minimum atomic E-state index is 0.0147. The SMILES string of the molecule is CCCN=C(N)N1CCNC(=O)C1. The third kappa shape index (κ3) is 2.93. The summed E-state index contributed by atoms with van der Waals surface area (Å²) in [6.07, 6.45) is 0.973. The Balaban J connectivity index is 2.45. The Morgan fingerprint density at radius 2 is 2.54 bits per heavy atom. The molecule has 13 heavy (non-hydrogen) atoms. The molecule has 1 aliphatic rings. The van der Waals surface area contributed by atoms with Crippen LogP contribution in [0.4, 0.5) is 0 Å². The molecule has 0 aromatic rings. The Labute approximate surface area is 78.0 Å². The van der Waals surface area contributed by atoms with Crippen molar-refractivity contribution in [3.05, 3.63) is 0 Å². The van der Waals surface area contributed by atoms with E-state index in [0.29, 0.717) is 19.0 Å². The van der Waals surface area contributed by atoms with E-state index in [4.69, 9.17) is 5.73 Å². The summed E-state index contributed by atoms with van der Waals surface area (Å²) in [5, 5.41) is 2.73. The second-order valence-electron chi connectivity index (χ2n) is 3.01. The van der Waals surface area contributed by atoms with Gasteiger partial charge in [0.2, 0.25) is 5.91 Å². The van der Waals surface area contributed by atoms with Crippen molar-refractivity contribution in [2.45, 2.75) is 13.3 Å². The van der Waals surface area contributed by atoms with E-state index < -0.39 is 0 Å². The smallest absolute Gasteiger partial charge is 0.239 e. The summed E-state index contributed by atoms with van der Waals surface area (Å²) in [5.41, 5.74) is 5.69. The summed E-state index contributed by atoms with van der Waals surface area (Å²) < 4.78 is 0. The Morgan fingerprint density at radius 1 is 1.77 bits per heavy atom. The zero-order chi connectivity index (χ0) is 9.68. The third-order valence-corrected chi connectivity index (χ3v) is 1.86. The fraction of sp³-hybridized carbons (Fsp3) is 0.750. The summed E-state index contributed by atoms with van der Waals surface area (Å²) in [4.78, 5) is 16.9. The van der Waals surface area contributed by atoms with Crippen LogP contribution in [-0.4, -0.2) is 42.9 Å². The molecule has 0 atom stereocenters. The number of carbonyl (C=O) groups excluding carboxylic acids is 1. The van der Waals surface area contributed by atoms with Gasteiger partial charge >= 0.3 is 0 Å². The highest BCUT2D eigenvalue weighted by Gasteiger charge is 2.16. The molecule has 1 rings (SSSR count). The Bertz CT molecular complexity index is 214. The first-order chi connectivity index (χ1) is 6.24. The second kappa shape index (κ2) is 4.69. The quantitative estimate of drug-likeness (QED) is 0.433. The molecule has 5 nitrogen and oxygen atoms in total. The van der Waals surface area contributed by atoms with Crippen molar-refractivity contribution in [3.8, 4) is 0 Å². The first-order valence-corrected chi connectivity index (χ1v) is 4.55. The number of amides is 1. The number of piperazine rings is 1. The van der Waals surface area contributed by atoms with E-state index in [1.165, 1.54) is 0 Å². The molecule has 0 bridgehead atoms. The van der Waals surface area contributed by atoms with Gasteiger partial charge in [0, 0.05) is 19.6 Å². The molecular formula is C8H16N4O. The highest BCUT2D eigenvalue weighted by Crippen LogP contribution is 1.93. The topological polar surface area (TPSA) is 70.7 Å². The molecule has 0 aliphatic carbocycles. The average Bonchev–Trinajstić information content (AvgIpc) is 2.14. The third-order valence-electron chi connectivity index (χ3n) is 1.86. The van der Waals surface area contributed by atoms with Gasteiger partial charge < -0.3 is 16.0 Å². The molecule has 1 heterocycles. The molecule has 0 spiro atoms. The molecule has 0 unspecified atom stereocenters. The van der Waals surface area contributed by atoms with Crippen LogP contribution in [0, 0.1) is 0 Å². The zero-order valence-electron chi connectivity index (χ0n) is 7.92. The van der Waals surface area contributed by atoms with E-state index in [1.807, 2.05) is 6.92 Å². The van der Waals surface area contributed by atoms with Gasteiger partial charge in [-0.2, -0.15) is 0 Å². The summed E-state index contributed by atoms with van der Waals surface area (Å²) in [6, 6.07) is 0. The van der Waals surface area contributed by atoms with Gasteiger partial charge in [-0.15, -0.1) is 0 Å². The Hall–Kier alpha value is -1.26. The molecule has 1 saturated heterocycles. The number of rotatable bonds is 2. The van der Waals surface area contributed by atoms with Gasteiger partial charge in [-0.05, 0) is 6.42 Å². The first-order valence-electron chi connectivity index (χ1n) is 4.55. The minimum Gasteiger partial charge on any atom is -0.370 e. The predicted octanol–water partition coefficient (Wildman–Crippen LogP) is -0.857. The number of carbonyl (C=O) groups is 1. The van der Waals surface area contributed by atoms with Crippen LogP contribution in [0.1, 0.15) is 13.3 Å². The van der Waals surface area contributed by atoms with Crippen LogP contribution in [0.15, 0.2) is 4.99 Å². The van der Waals surface area contributed by atoms with E-state index in [2.05, 4.69) is 10.3 Å². The zero-order valence-corrected chi connectivity index (χ0v) is 7.92. The fourth-order valence-corrected chi connectivity index (χ4v) is 1.16. The van der Waals surface area contributed by atoms with Crippen molar-refractivity contribution < 1.29 is 4.79 Å². The number of guanidine groups is 1. The lowest BCUT2D eigenvalue weighted by atomic mass is 10.4. The fourth-order valence-electron chi connectivity index (χ4n) is 1.16. The van der Waals surface area contributed by atoms with Gasteiger partial charge in [0.1, 0.15) is 0 Å². The highest BCUT2D eigenvalue weighted by molar-refractivity contribution is 5.86. The largest absolute Gasteiger partial charge is 0.370 e. The number of hydrogen-bond donors (Lipinski definition) is 2. The number of nitrogens with one attached hydrogen (secondary N) is 1. The molecular weight excluding hydrogens is 168 g/mol. The maximum atomic E-state index is 11.0. The van der Waals surface area contributed by atoms with Crippen LogP contribution >= 0.6 is 0 Å². The van der Waals surface area contributed by atoms with E-state index in [0.717, 1.165) is 19.5 Å². The molecule has 0 aromatic carbocycles. The minimum absolute atomic E-state index is 0.0147. The molecule has 0 saturated carbocycles. The van der Waals surface area contributed by atoms with E-state index >= 15 is 0 Å². The molecule has 5 heteroatoms. The van der Waals surface area contributed by atoms with Gasteiger partial charge in [-0.25, -0.2) is 0 Å². The number of aliphatic imine (C=N–C) groups is 1. The molecule has 1 aliphatic heterocycles. The second-order valence-corrected chi connectivity index (χ2v) is 3.01. The first kappa shape index (κ1) is 9.83. The molecule has 0 radical (unpaired) electrons. The standard InChI is InChI=1S/C8H16N4O/c1-2-3-11-8(9)12-5-4-10-7(13)6-12/h2-6H2,1H3,(H2,9,11)(H,10,13). The normalized spacial score (nSPS) is 18.7. The summed E-state index contributed by atoms with van der Waals surface area (Å²) in [6.45, 7) is 4.51. The van der Waals surface area contributed by atoms with Crippen LogP contribution in [0.2, 0.25) is 0 Å². The molecule has 1 amide bonds. The number of nitrogens with zero attached hydrogens (tertiary/aromatic N) is 2. The average molecular weight is 184 g/mol. The Morgan fingerprint density at radius 3 is 3.15 bits per heavy atom. The maximum Gasteiger partial charge on any atom is 0.239 e. The monoisotopic (exact) mass is 184 g/mol. The van der Waals surface area contributed by atoms with Crippen molar-refractivity contribution >= 4 is 11.9 Å². The van der Waals surface area contributed by atoms with Gasteiger partial charge in [0.25, 0.3) is 0 Å². The lowest BCUT2D eigenvalue weighted by molar-refractivity contribution is -0.122. The van der Waals surface area contributed by atoms with Crippen molar-refractivity contribution in [2.75, 3.05) is 26.2 Å². The molecule has 0 aromatic heterocycles. The van der Waals surface area contributed by atoms with E-state index in [1.54, 1.807) is 4.90 Å². The lowest BCUT2D eigenvalue weighted by Gasteiger charge is -2.27. The number of nitrogens with two attached hydrogens (primary N) is 1. The maximum absolute atomic E-state index is 11.0. The summed E-state index contributed by atoms with van der Waals surface area (Å²) in [7, 11) is 0. The van der Waals surface area contributed by atoms with Crippen molar-refractivity contribution in [2.24, 2.45) is 10.7 Å². The van der Waals surface area contributed by atoms with Gasteiger partial charge in [-0.3, -0.25) is 9.79 Å². The van der Waals surface area contributed by atoms with E-state index in [-0.39, 0.29) is 5.91 Å². The molecule has 3 N–H and O–H groups in total. The van der Waals surface area contributed by atoms with Crippen LogP contribution in [-0.2, 0) is 4.79 Å². The molecule has 74 valence electrons. The highest BCUT2D eigenvalue weighted by atomic mass is 16.2. The van der Waals surface area contributed by atoms with Crippen LogP contribution in [0.5, 0.6) is 0 Å². The van der Waals surface area contributed by atoms with Crippen LogP contribution in [0.25, 0.3) is 0 Å². The van der Waals surface area contributed by atoms with Gasteiger partial charge in [-0.1, -0.05) is 6.92 Å². The van der Waals surface area contributed by atoms with Crippen molar-refractivity contribution in [1.82, 2.24) is 10.2 Å². The Kier molecular flexibility index (Phi) is 3.54.